The summed E-state index contributed by atoms with van der Waals surface area (Å²) < 4.78 is 2.39. The fourth-order valence-corrected chi connectivity index (χ4v) is 2.11. The summed E-state index contributed by atoms with van der Waals surface area (Å²) in [6, 6.07) is 0. The van der Waals surface area contributed by atoms with Crippen LogP contribution in [-0.4, -0.2) is 16.2 Å². The second-order valence-corrected chi connectivity index (χ2v) is 4.48. The molecule has 0 saturated carbocycles. The van der Waals surface area contributed by atoms with Gasteiger partial charge in [-0.25, -0.2) is 3.11 Å². The first-order valence-corrected chi connectivity index (χ1v) is 4.57. The van der Waals surface area contributed by atoms with Crippen LogP contribution in [0.2, 0.25) is 0 Å². The van der Waals surface area contributed by atoms with Crippen molar-refractivity contribution in [3.05, 3.63) is 0 Å². The first-order chi connectivity index (χ1) is 4.20. The molecule has 0 aliphatic carbocycles. The van der Waals surface area contributed by atoms with Gasteiger partial charge in [-0.2, -0.15) is 0 Å². The topological polar surface area (TPSA) is 3.24 Å². The zero-order chi connectivity index (χ0) is 6.85. The summed E-state index contributed by atoms with van der Waals surface area (Å²) in [4.78, 5) is 0. The quantitative estimate of drug-likeness (QED) is 0.463. The fourth-order valence-electron chi connectivity index (χ4n) is 1.21. The van der Waals surface area contributed by atoms with Gasteiger partial charge in [0.25, 0.3) is 0 Å². The van der Waals surface area contributed by atoms with E-state index in [9.17, 15) is 0 Å². The van der Waals surface area contributed by atoms with Gasteiger partial charge in [0.05, 0.1) is 0 Å². The van der Waals surface area contributed by atoms with Crippen molar-refractivity contribution in [2.24, 2.45) is 11.8 Å². The molecule has 1 rings (SSSR count). The summed E-state index contributed by atoms with van der Waals surface area (Å²) in [6.07, 6.45) is 1.38. The molecule has 54 valence electrons. The summed E-state index contributed by atoms with van der Waals surface area (Å²) in [5.74, 6) is 1.84. The molecule has 0 aromatic heterocycles. The molecule has 0 bridgehead atoms. The third kappa shape index (κ3) is 2.08. The lowest BCUT2D eigenvalue weighted by Crippen LogP contribution is -2.31. The van der Waals surface area contributed by atoms with E-state index in [-0.39, 0.29) is 0 Å². The predicted molar refractivity (Wildman–Crippen MR) is 48.5 cm³/mol. The van der Waals surface area contributed by atoms with E-state index in [4.69, 9.17) is 0 Å². The second kappa shape index (κ2) is 3.19. The molecule has 9 heavy (non-hydrogen) atoms. The van der Waals surface area contributed by atoms with Crippen molar-refractivity contribution < 1.29 is 0 Å². The number of nitrogens with zero attached hydrogens (tertiary/aromatic N) is 1. The maximum Gasteiger partial charge on any atom is 0.0201 e. The zero-order valence-corrected chi connectivity index (χ0v) is 8.26. The molecule has 1 nitrogen and oxygen atoms in total. The molecule has 1 aliphatic heterocycles. The minimum absolute atomic E-state index is 0.899. The average Bonchev–Trinajstić information content (AvgIpc) is 1.80. The minimum Gasteiger partial charge on any atom is -0.247 e. The van der Waals surface area contributed by atoms with Crippen LogP contribution in [0.25, 0.3) is 0 Å². The molecule has 1 heterocycles. The van der Waals surface area contributed by atoms with Crippen molar-refractivity contribution in [3.63, 3.8) is 0 Å². The van der Waals surface area contributed by atoms with Gasteiger partial charge in [-0.05, 0) is 18.3 Å². The van der Waals surface area contributed by atoms with Gasteiger partial charge < -0.3 is 0 Å². The number of halogens is 1. The van der Waals surface area contributed by atoms with Crippen LogP contribution in [0.3, 0.4) is 0 Å². The number of rotatable bonds is 0. The van der Waals surface area contributed by atoms with Gasteiger partial charge in [-0.15, -0.1) is 0 Å². The Labute approximate surface area is 71.3 Å². The summed E-state index contributed by atoms with van der Waals surface area (Å²) in [6.45, 7) is 7.26. The van der Waals surface area contributed by atoms with E-state index < -0.39 is 0 Å². The van der Waals surface area contributed by atoms with Crippen LogP contribution in [-0.2, 0) is 0 Å². The molecular weight excluding hydrogens is 225 g/mol. The second-order valence-electron chi connectivity index (χ2n) is 3.11. The highest BCUT2D eigenvalue weighted by atomic mass is 127. The predicted octanol–water partition coefficient (Wildman–Crippen LogP) is 2.31. The van der Waals surface area contributed by atoms with Crippen LogP contribution in [0.5, 0.6) is 0 Å². The fraction of sp³-hybridized carbons (Fsp3) is 1.00. The number of hydrogen-bond acceptors (Lipinski definition) is 1. The summed E-state index contributed by atoms with van der Waals surface area (Å²) in [5, 5.41) is 0. The van der Waals surface area contributed by atoms with E-state index >= 15 is 0 Å². The van der Waals surface area contributed by atoms with Crippen LogP contribution >= 0.6 is 22.9 Å². The first-order valence-electron chi connectivity index (χ1n) is 3.61. The summed E-state index contributed by atoms with van der Waals surface area (Å²) in [5.41, 5.74) is 0. The monoisotopic (exact) mass is 239 g/mol. The Hall–Kier alpha value is 0.690. The largest absolute Gasteiger partial charge is 0.247 e. The molecule has 0 amide bonds. The molecule has 0 N–H and O–H groups in total. The molecule has 1 aliphatic rings. The molecule has 1 saturated heterocycles. The lowest BCUT2D eigenvalue weighted by molar-refractivity contribution is 0.239. The highest BCUT2D eigenvalue weighted by Gasteiger charge is 2.20. The third-order valence-electron chi connectivity index (χ3n) is 2.28. The highest BCUT2D eigenvalue weighted by Crippen LogP contribution is 2.23. The maximum atomic E-state index is 2.42. The van der Waals surface area contributed by atoms with Gasteiger partial charge in [0, 0.05) is 36.0 Å². The average molecular weight is 239 g/mol. The Bertz CT molecular complexity index is 94.9. The molecule has 0 radical (unpaired) electrons. The van der Waals surface area contributed by atoms with Crippen LogP contribution < -0.4 is 0 Å². The van der Waals surface area contributed by atoms with E-state index in [2.05, 4.69) is 39.8 Å². The minimum atomic E-state index is 0.899. The van der Waals surface area contributed by atoms with Crippen molar-refractivity contribution in [1.29, 1.82) is 0 Å². The lowest BCUT2D eigenvalue weighted by atomic mass is 9.90. The van der Waals surface area contributed by atoms with Crippen molar-refractivity contribution >= 4 is 22.9 Å². The van der Waals surface area contributed by atoms with E-state index in [1.807, 2.05) is 0 Å². The molecule has 0 aromatic carbocycles. The Kier molecular flexibility index (Phi) is 2.76. The first kappa shape index (κ1) is 7.79. The molecular formula is C7H14IN. The molecule has 0 spiro atoms. The molecule has 2 unspecified atom stereocenters. The van der Waals surface area contributed by atoms with Crippen LogP contribution in [0.1, 0.15) is 20.3 Å². The SMILES string of the molecule is CC1CCN(I)CC1C. The van der Waals surface area contributed by atoms with Crippen LogP contribution in [0, 0.1) is 11.8 Å². The van der Waals surface area contributed by atoms with Gasteiger partial charge in [0.1, 0.15) is 0 Å². The standard InChI is InChI=1S/C7H14IN/c1-6-3-4-9(8)5-7(6)2/h6-7H,3-5H2,1-2H3. The number of piperidine rings is 1. The Morgan fingerprint density at radius 1 is 1.33 bits per heavy atom. The molecule has 2 atom stereocenters. The van der Waals surface area contributed by atoms with Crippen molar-refractivity contribution in [2.75, 3.05) is 13.1 Å². The van der Waals surface area contributed by atoms with E-state index in [0.29, 0.717) is 0 Å². The lowest BCUT2D eigenvalue weighted by Gasteiger charge is -2.30. The summed E-state index contributed by atoms with van der Waals surface area (Å²) in [7, 11) is 0. The third-order valence-corrected chi connectivity index (χ3v) is 3.16. The van der Waals surface area contributed by atoms with E-state index in [0.717, 1.165) is 11.8 Å². The summed E-state index contributed by atoms with van der Waals surface area (Å²) >= 11 is 2.42. The zero-order valence-electron chi connectivity index (χ0n) is 6.10. The highest BCUT2D eigenvalue weighted by molar-refractivity contribution is 14.1. The van der Waals surface area contributed by atoms with Gasteiger partial charge in [0.15, 0.2) is 0 Å². The molecule has 2 heteroatoms. The van der Waals surface area contributed by atoms with Gasteiger partial charge in [0.2, 0.25) is 0 Å². The van der Waals surface area contributed by atoms with Crippen molar-refractivity contribution in [1.82, 2.24) is 3.11 Å². The molecule has 1 fully saturated rings. The van der Waals surface area contributed by atoms with Gasteiger partial charge in [-0.1, -0.05) is 13.8 Å². The van der Waals surface area contributed by atoms with E-state index in [1.54, 1.807) is 0 Å². The van der Waals surface area contributed by atoms with Crippen LogP contribution in [0.4, 0.5) is 0 Å². The van der Waals surface area contributed by atoms with Crippen molar-refractivity contribution in [3.8, 4) is 0 Å². The normalized spacial score (nSPS) is 39.0. The van der Waals surface area contributed by atoms with Gasteiger partial charge in [-0.3, -0.25) is 0 Å². The maximum absolute atomic E-state index is 2.42. The van der Waals surface area contributed by atoms with E-state index in [1.165, 1.54) is 19.5 Å². The molecule has 0 aromatic rings. The Morgan fingerprint density at radius 2 is 2.00 bits per heavy atom. The van der Waals surface area contributed by atoms with Crippen molar-refractivity contribution in [2.45, 2.75) is 20.3 Å². The van der Waals surface area contributed by atoms with Crippen LogP contribution in [0.15, 0.2) is 0 Å². The number of hydrogen-bond donors (Lipinski definition) is 0. The smallest absolute Gasteiger partial charge is 0.0201 e. The Balaban J connectivity index is 2.35. The van der Waals surface area contributed by atoms with Gasteiger partial charge >= 0.3 is 0 Å². The Morgan fingerprint density at radius 3 is 2.44 bits per heavy atom.